The summed E-state index contributed by atoms with van der Waals surface area (Å²) in [5.41, 5.74) is 2.28. The normalized spacial score (nSPS) is 11.9. The fraction of sp³-hybridized carbons (Fsp3) is 0.208. The number of fused-ring (bicyclic) bond motifs is 1. The van der Waals surface area contributed by atoms with Gasteiger partial charge in [0.05, 0.1) is 19.6 Å². The second-order valence-corrected chi connectivity index (χ2v) is 6.71. The van der Waals surface area contributed by atoms with Gasteiger partial charge in [-0.1, -0.05) is 18.2 Å². The topological polar surface area (TPSA) is 81.3 Å². The Morgan fingerprint density at radius 1 is 1.17 bits per heavy atom. The number of carbonyl (C=O) groups excluding carboxylic acids is 2. The number of ether oxygens (including phenoxy) is 2. The lowest BCUT2D eigenvalue weighted by Gasteiger charge is -2.11. The molecule has 0 unspecified atom stereocenters. The Balaban J connectivity index is 1.69. The molecule has 0 saturated carbocycles. The lowest BCUT2D eigenvalue weighted by molar-refractivity contribution is -0.140. The van der Waals surface area contributed by atoms with Crippen LogP contribution < -0.4 is 4.74 Å². The van der Waals surface area contributed by atoms with E-state index in [0.717, 1.165) is 16.5 Å². The molecule has 3 rings (SSSR count). The highest BCUT2D eigenvalue weighted by atomic mass is 16.5. The molecule has 6 heteroatoms. The Morgan fingerprint density at radius 2 is 1.90 bits per heavy atom. The third kappa shape index (κ3) is 4.76. The number of nitrogens with zero attached hydrogens (tertiary/aromatic N) is 2. The van der Waals surface area contributed by atoms with Crippen molar-refractivity contribution < 1.29 is 19.1 Å². The van der Waals surface area contributed by atoms with Gasteiger partial charge in [0, 0.05) is 40.8 Å². The lowest BCUT2D eigenvalue weighted by atomic mass is 10.1. The van der Waals surface area contributed by atoms with Gasteiger partial charge in [-0.3, -0.25) is 4.79 Å². The van der Waals surface area contributed by atoms with Crippen molar-refractivity contribution in [3.8, 4) is 11.8 Å². The molecule has 0 aliphatic carbocycles. The molecule has 3 aromatic rings. The molecule has 2 aromatic carbocycles. The molecule has 0 radical (unpaired) electrons. The molecule has 0 aliphatic heterocycles. The summed E-state index contributed by atoms with van der Waals surface area (Å²) in [5.74, 6) is -0.237. The molecule has 1 aromatic heterocycles. The van der Waals surface area contributed by atoms with E-state index in [1.165, 1.54) is 6.08 Å². The van der Waals surface area contributed by atoms with Gasteiger partial charge in [-0.25, -0.2) is 4.79 Å². The van der Waals surface area contributed by atoms with Gasteiger partial charge in [0.2, 0.25) is 5.78 Å². The monoisotopic (exact) mass is 402 g/mol. The van der Waals surface area contributed by atoms with Crippen LogP contribution in [-0.4, -0.2) is 29.5 Å². The fourth-order valence-electron chi connectivity index (χ4n) is 3.18. The van der Waals surface area contributed by atoms with Crippen molar-refractivity contribution in [2.45, 2.75) is 26.0 Å². The van der Waals surface area contributed by atoms with Crippen LogP contribution in [0.4, 0.5) is 0 Å². The maximum Gasteiger partial charge on any atom is 0.331 e. The van der Waals surface area contributed by atoms with Crippen LogP contribution >= 0.6 is 0 Å². The second kappa shape index (κ2) is 9.57. The summed E-state index contributed by atoms with van der Waals surface area (Å²) in [5, 5.41) is 9.82. The van der Waals surface area contributed by atoms with E-state index in [-0.39, 0.29) is 5.78 Å². The summed E-state index contributed by atoms with van der Waals surface area (Å²) in [6.45, 7) is 2.12. The van der Waals surface area contributed by atoms with Crippen molar-refractivity contribution in [3.63, 3.8) is 0 Å². The average molecular weight is 402 g/mol. The van der Waals surface area contributed by atoms with E-state index in [1.54, 1.807) is 44.4 Å². The molecule has 1 heterocycles. The summed E-state index contributed by atoms with van der Waals surface area (Å²) in [6.07, 6.45) is 4.37. The Morgan fingerprint density at radius 3 is 2.60 bits per heavy atom. The molecular formula is C24H22N2O4. The van der Waals surface area contributed by atoms with Crippen LogP contribution in [0.5, 0.6) is 5.75 Å². The quantitative estimate of drug-likeness (QED) is 0.317. The van der Waals surface area contributed by atoms with E-state index in [0.29, 0.717) is 24.3 Å². The average Bonchev–Trinajstić information content (AvgIpc) is 3.13. The number of rotatable bonds is 8. The third-order valence-corrected chi connectivity index (χ3v) is 4.72. The molecule has 30 heavy (non-hydrogen) atoms. The van der Waals surface area contributed by atoms with Crippen molar-refractivity contribution in [1.82, 2.24) is 4.57 Å². The van der Waals surface area contributed by atoms with Gasteiger partial charge >= 0.3 is 5.97 Å². The van der Waals surface area contributed by atoms with Gasteiger partial charge in [-0.2, -0.15) is 5.26 Å². The van der Waals surface area contributed by atoms with Gasteiger partial charge in [-0.05, 0) is 43.3 Å². The first-order valence-electron chi connectivity index (χ1n) is 9.55. The molecule has 0 fully saturated rings. The predicted octanol–water partition coefficient (Wildman–Crippen LogP) is 4.39. The zero-order valence-electron chi connectivity index (χ0n) is 16.9. The molecule has 0 spiro atoms. The number of methoxy groups -OCH3 is 1. The Kier molecular flexibility index (Phi) is 6.66. The highest BCUT2D eigenvalue weighted by molar-refractivity contribution is 6.01. The standard InChI is InChI=1S/C24H22N2O4/c1-17(24(28)18-8-11-20(29-2)12-9-18)30-23(27)13-10-19-16-26(15-5-14-25)22-7-4-3-6-21(19)22/h3-4,6-13,16-17H,5,15H2,1-2H3/b13-10+/t17-/m0/s1. The number of hydrogen-bond acceptors (Lipinski definition) is 5. The van der Waals surface area contributed by atoms with E-state index in [4.69, 9.17) is 14.7 Å². The molecular weight excluding hydrogens is 380 g/mol. The van der Waals surface area contributed by atoms with Crippen LogP contribution in [0, 0.1) is 11.3 Å². The van der Waals surface area contributed by atoms with E-state index < -0.39 is 12.1 Å². The highest BCUT2D eigenvalue weighted by Crippen LogP contribution is 2.23. The van der Waals surface area contributed by atoms with Gasteiger partial charge in [-0.15, -0.1) is 0 Å². The van der Waals surface area contributed by atoms with Crippen molar-refractivity contribution in [1.29, 1.82) is 5.26 Å². The highest BCUT2D eigenvalue weighted by Gasteiger charge is 2.18. The number of ketones is 1. The molecule has 6 nitrogen and oxygen atoms in total. The molecule has 152 valence electrons. The predicted molar refractivity (Wildman–Crippen MR) is 114 cm³/mol. The molecule has 0 amide bonds. The maximum atomic E-state index is 12.5. The van der Waals surface area contributed by atoms with E-state index in [2.05, 4.69) is 6.07 Å². The van der Waals surface area contributed by atoms with Gasteiger partial charge in [0.1, 0.15) is 5.75 Å². The van der Waals surface area contributed by atoms with Gasteiger partial charge < -0.3 is 14.0 Å². The Labute approximate surface area is 174 Å². The number of hydrogen-bond donors (Lipinski definition) is 0. The van der Waals surface area contributed by atoms with Gasteiger partial charge in [0.15, 0.2) is 6.10 Å². The largest absolute Gasteiger partial charge is 0.497 e. The number of Topliss-reactive ketones (excluding diaryl/α,β-unsaturated/α-hetero) is 1. The number of para-hydroxylation sites is 1. The minimum absolute atomic E-state index is 0.285. The smallest absolute Gasteiger partial charge is 0.331 e. The Bertz CT molecular complexity index is 1120. The first-order chi connectivity index (χ1) is 14.5. The summed E-state index contributed by atoms with van der Waals surface area (Å²) < 4.78 is 12.3. The SMILES string of the molecule is COc1ccc(C(=O)[C@H](C)OC(=O)/C=C/c2cn(CCC#N)c3ccccc23)cc1. The number of carbonyl (C=O) groups is 2. The molecule has 1 atom stereocenters. The number of benzene rings is 2. The van der Waals surface area contributed by atoms with E-state index in [9.17, 15) is 9.59 Å². The third-order valence-electron chi connectivity index (χ3n) is 4.72. The molecule has 0 bridgehead atoms. The molecule has 0 saturated heterocycles. The maximum absolute atomic E-state index is 12.5. The zero-order valence-corrected chi connectivity index (χ0v) is 16.9. The fourth-order valence-corrected chi connectivity index (χ4v) is 3.18. The first-order valence-corrected chi connectivity index (χ1v) is 9.55. The number of nitriles is 1. The second-order valence-electron chi connectivity index (χ2n) is 6.71. The molecule has 0 N–H and O–H groups in total. The zero-order chi connectivity index (χ0) is 21.5. The van der Waals surface area contributed by atoms with E-state index in [1.807, 2.05) is 35.0 Å². The van der Waals surface area contributed by atoms with Crippen LogP contribution in [0.15, 0.2) is 60.8 Å². The minimum atomic E-state index is -0.910. The summed E-state index contributed by atoms with van der Waals surface area (Å²) in [4.78, 5) is 24.7. The summed E-state index contributed by atoms with van der Waals surface area (Å²) >= 11 is 0. The van der Waals surface area contributed by atoms with Crippen molar-refractivity contribution in [3.05, 3.63) is 71.9 Å². The van der Waals surface area contributed by atoms with Crippen molar-refractivity contribution in [2.24, 2.45) is 0 Å². The number of aryl methyl sites for hydroxylation is 1. The van der Waals surface area contributed by atoms with Gasteiger partial charge in [0.25, 0.3) is 0 Å². The summed E-state index contributed by atoms with van der Waals surface area (Å²) in [6, 6.07) is 16.6. The Hall–Kier alpha value is -3.85. The first kappa shape index (κ1) is 20.9. The lowest BCUT2D eigenvalue weighted by Crippen LogP contribution is -2.23. The van der Waals surface area contributed by atoms with Crippen LogP contribution in [0.2, 0.25) is 0 Å². The van der Waals surface area contributed by atoms with Crippen LogP contribution in [0.3, 0.4) is 0 Å². The minimum Gasteiger partial charge on any atom is -0.497 e. The summed E-state index contributed by atoms with van der Waals surface area (Å²) in [7, 11) is 1.55. The van der Waals surface area contributed by atoms with Crippen LogP contribution in [0.1, 0.15) is 29.3 Å². The number of aromatic nitrogens is 1. The van der Waals surface area contributed by atoms with Crippen molar-refractivity contribution in [2.75, 3.05) is 7.11 Å². The van der Waals surface area contributed by atoms with Crippen LogP contribution in [0.25, 0.3) is 17.0 Å². The van der Waals surface area contributed by atoms with E-state index >= 15 is 0 Å². The van der Waals surface area contributed by atoms with Crippen LogP contribution in [-0.2, 0) is 16.1 Å². The molecule has 0 aliphatic rings. The number of esters is 1. The van der Waals surface area contributed by atoms with Crippen molar-refractivity contribution >= 4 is 28.7 Å².